The van der Waals surface area contributed by atoms with Gasteiger partial charge >= 0.3 is 0 Å². The summed E-state index contributed by atoms with van der Waals surface area (Å²) in [6, 6.07) is 11.0. The molecule has 0 spiro atoms. The summed E-state index contributed by atoms with van der Waals surface area (Å²) in [7, 11) is -3.44. The van der Waals surface area contributed by atoms with Gasteiger partial charge in [0.2, 0.25) is 10.0 Å². The van der Waals surface area contributed by atoms with Crippen molar-refractivity contribution in [2.45, 2.75) is 13.3 Å². The Hall–Kier alpha value is -1.92. The largest absolute Gasteiger partial charge is 0.361 e. The number of nitrogens with one attached hydrogen (secondary N) is 1. The van der Waals surface area contributed by atoms with Gasteiger partial charge in [-0.1, -0.05) is 35.5 Å². The van der Waals surface area contributed by atoms with Crippen molar-refractivity contribution in [1.29, 1.82) is 0 Å². The Kier molecular flexibility index (Phi) is 4.70. The van der Waals surface area contributed by atoms with Crippen molar-refractivity contribution in [3.8, 4) is 0 Å². The summed E-state index contributed by atoms with van der Waals surface area (Å²) in [6.07, 6.45) is 2.03. The molecule has 0 fully saturated rings. The van der Waals surface area contributed by atoms with Crippen LogP contribution in [0.4, 0.5) is 0 Å². The fourth-order valence-corrected chi connectivity index (χ4v) is 2.45. The molecule has 20 heavy (non-hydrogen) atoms. The maximum Gasteiger partial charge on any atom is 0.233 e. The monoisotopic (exact) mass is 292 g/mol. The van der Waals surface area contributed by atoms with Gasteiger partial charge in [0.15, 0.2) is 0 Å². The normalized spacial score (nSPS) is 12.1. The van der Waals surface area contributed by atoms with E-state index in [1.807, 2.05) is 37.3 Å². The summed E-state index contributed by atoms with van der Waals surface area (Å²) in [6.45, 7) is 2.09. The Morgan fingerprint density at radius 2 is 2.05 bits per heavy atom. The number of sulfonamides is 1. The van der Waals surface area contributed by atoms with Crippen molar-refractivity contribution >= 4 is 16.1 Å². The third kappa shape index (κ3) is 4.64. The summed E-state index contributed by atoms with van der Waals surface area (Å²) in [5.41, 5.74) is 1.62. The van der Waals surface area contributed by atoms with Crippen LogP contribution >= 0.6 is 0 Å². The Bertz CT molecular complexity index is 675. The lowest BCUT2D eigenvalue weighted by molar-refractivity contribution is 0.379. The Balaban J connectivity index is 1.86. The lowest BCUT2D eigenvalue weighted by atomic mass is 10.2. The van der Waals surface area contributed by atoms with E-state index in [0.717, 1.165) is 16.7 Å². The van der Waals surface area contributed by atoms with E-state index < -0.39 is 10.0 Å². The van der Waals surface area contributed by atoms with Crippen molar-refractivity contribution in [1.82, 2.24) is 9.88 Å². The predicted molar refractivity (Wildman–Crippen MR) is 77.3 cm³/mol. The minimum atomic E-state index is -3.44. The molecule has 0 saturated heterocycles. The van der Waals surface area contributed by atoms with Crippen molar-refractivity contribution in [3.63, 3.8) is 0 Å². The van der Waals surface area contributed by atoms with E-state index in [0.29, 0.717) is 12.2 Å². The van der Waals surface area contributed by atoms with Crippen LogP contribution in [-0.2, 0) is 16.4 Å². The first-order valence-electron chi connectivity index (χ1n) is 6.20. The average Bonchev–Trinajstić information content (AvgIpc) is 2.83. The maximum absolute atomic E-state index is 11.8. The first-order chi connectivity index (χ1) is 9.55. The van der Waals surface area contributed by atoms with Crippen LogP contribution in [0.2, 0.25) is 0 Å². The summed E-state index contributed by atoms with van der Waals surface area (Å²) in [5, 5.41) is 4.90. The minimum absolute atomic E-state index is 0.274. The highest BCUT2D eigenvalue weighted by molar-refractivity contribution is 7.92. The lowest BCUT2D eigenvalue weighted by Gasteiger charge is -2.00. The number of aryl methyl sites for hydroxylation is 1. The van der Waals surface area contributed by atoms with Gasteiger partial charge in [-0.3, -0.25) is 0 Å². The lowest BCUT2D eigenvalue weighted by Crippen LogP contribution is -2.23. The first-order valence-corrected chi connectivity index (χ1v) is 7.75. The second-order valence-electron chi connectivity index (χ2n) is 4.34. The highest BCUT2D eigenvalue weighted by Gasteiger charge is 2.06. The fourth-order valence-electron chi connectivity index (χ4n) is 1.63. The molecule has 0 aliphatic carbocycles. The molecular weight excluding hydrogens is 276 g/mol. The molecule has 2 aromatic rings. The summed E-state index contributed by atoms with van der Waals surface area (Å²) < 4.78 is 31.0. The number of benzene rings is 1. The second kappa shape index (κ2) is 6.49. The molecule has 0 amide bonds. The highest BCUT2D eigenvalue weighted by atomic mass is 32.2. The van der Waals surface area contributed by atoms with E-state index >= 15 is 0 Å². The van der Waals surface area contributed by atoms with E-state index in [-0.39, 0.29) is 6.54 Å². The van der Waals surface area contributed by atoms with Crippen LogP contribution in [0.3, 0.4) is 0 Å². The molecule has 2 rings (SSSR count). The standard InChI is InChI=1S/C14H16N2O3S/c1-12-11-14(19-16-12)7-9-15-20(17,18)10-8-13-5-3-2-4-6-13/h2-6,8,10-11,15H,7,9H2,1H3/b10-8+. The third-order valence-corrected chi connectivity index (χ3v) is 3.69. The summed E-state index contributed by atoms with van der Waals surface area (Å²) in [5.74, 6) is 0.664. The van der Waals surface area contributed by atoms with E-state index in [9.17, 15) is 8.42 Å². The molecule has 0 radical (unpaired) electrons. The van der Waals surface area contributed by atoms with Crippen LogP contribution in [0.15, 0.2) is 46.3 Å². The van der Waals surface area contributed by atoms with E-state index in [1.54, 1.807) is 12.1 Å². The van der Waals surface area contributed by atoms with Gasteiger partial charge in [-0.15, -0.1) is 0 Å². The van der Waals surface area contributed by atoms with Gasteiger partial charge in [0.25, 0.3) is 0 Å². The van der Waals surface area contributed by atoms with Gasteiger partial charge in [0.05, 0.1) is 5.69 Å². The van der Waals surface area contributed by atoms with Crippen LogP contribution in [-0.4, -0.2) is 20.1 Å². The zero-order valence-corrected chi connectivity index (χ0v) is 11.9. The third-order valence-electron chi connectivity index (χ3n) is 2.59. The van der Waals surface area contributed by atoms with Gasteiger partial charge in [-0.05, 0) is 18.6 Å². The molecule has 106 valence electrons. The first kappa shape index (κ1) is 14.5. The number of rotatable bonds is 6. The fraction of sp³-hybridized carbons (Fsp3) is 0.214. The minimum Gasteiger partial charge on any atom is -0.361 e. The van der Waals surface area contributed by atoms with Crippen LogP contribution < -0.4 is 4.72 Å². The Morgan fingerprint density at radius 3 is 2.70 bits per heavy atom. The van der Waals surface area contributed by atoms with Crippen LogP contribution in [0.25, 0.3) is 6.08 Å². The molecule has 1 N–H and O–H groups in total. The molecule has 0 saturated carbocycles. The number of hydrogen-bond donors (Lipinski definition) is 1. The van der Waals surface area contributed by atoms with E-state index in [2.05, 4.69) is 9.88 Å². The topological polar surface area (TPSA) is 72.2 Å². The van der Waals surface area contributed by atoms with Crippen LogP contribution in [0, 0.1) is 6.92 Å². The molecule has 1 aromatic heterocycles. The van der Waals surface area contributed by atoms with Crippen molar-refractivity contribution in [3.05, 3.63) is 58.8 Å². The summed E-state index contributed by atoms with van der Waals surface area (Å²) >= 11 is 0. The van der Waals surface area contributed by atoms with Gasteiger partial charge < -0.3 is 4.52 Å². The van der Waals surface area contributed by atoms with E-state index in [4.69, 9.17) is 4.52 Å². The molecule has 0 unspecified atom stereocenters. The number of nitrogens with zero attached hydrogens (tertiary/aromatic N) is 1. The van der Waals surface area contributed by atoms with Crippen molar-refractivity contribution < 1.29 is 12.9 Å². The zero-order chi connectivity index (χ0) is 14.4. The predicted octanol–water partition coefficient (Wildman–Crippen LogP) is 2.12. The van der Waals surface area contributed by atoms with Gasteiger partial charge in [-0.2, -0.15) is 0 Å². The smallest absolute Gasteiger partial charge is 0.233 e. The molecule has 0 aliphatic heterocycles. The summed E-state index contributed by atoms with van der Waals surface area (Å²) in [4.78, 5) is 0. The molecule has 1 aromatic carbocycles. The SMILES string of the molecule is Cc1cc(CCNS(=O)(=O)/C=C/c2ccccc2)on1. The second-order valence-corrected chi connectivity index (χ2v) is 5.99. The van der Waals surface area contributed by atoms with Gasteiger partial charge in [0.1, 0.15) is 5.76 Å². The average molecular weight is 292 g/mol. The highest BCUT2D eigenvalue weighted by Crippen LogP contribution is 2.04. The maximum atomic E-state index is 11.8. The molecule has 6 heteroatoms. The Morgan fingerprint density at radius 1 is 1.30 bits per heavy atom. The molecule has 0 bridgehead atoms. The zero-order valence-electron chi connectivity index (χ0n) is 11.1. The molecule has 0 atom stereocenters. The van der Waals surface area contributed by atoms with Crippen molar-refractivity contribution in [2.24, 2.45) is 0 Å². The van der Waals surface area contributed by atoms with E-state index in [1.165, 1.54) is 0 Å². The number of hydrogen-bond acceptors (Lipinski definition) is 4. The number of aromatic nitrogens is 1. The quantitative estimate of drug-likeness (QED) is 0.885. The molecular formula is C14H16N2O3S. The molecule has 1 heterocycles. The molecule has 5 nitrogen and oxygen atoms in total. The van der Waals surface area contributed by atoms with Crippen LogP contribution in [0.1, 0.15) is 17.0 Å². The van der Waals surface area contributed by atoms with Crippen LogP contribution in [0.5, 0.6) is 0 Å². The van der Waals surface area contributed by atoms with Crippen molar-refractivity contribution in [2.75, 3.05) is 6.54 Å². The Labute approximate surface area is 118 Å². The van der Waals surface area contributed by atoms with Gasteiger partial charge in [-0.25, -0.2) is 13.1 Å². The van der Waals surface area contributed by atoms with Gasteiger partial charge in [0, 0.05) is 24.4 Å². The molecule has 0 aliphatic rings.